The van der Waals surface area contributed by atoms with Crippen molar-refractivity contribution in [1.29, 1.82) is 0 Å². The van der Waals surface area contributed by atoms with Crippen molar-refractivity contribution in [3.8, 4) is 0 Å². The Morgan fingerprint density at radius 1 is 1.19 bits per heavy atom. The van der Waals surface area contributed by atoms with Gasteiger partial charge >= 0.3 is 59.1 Å². The van der Waals surface area contributed by atoms with Gasteiger partial charge in [0.05, 0.1) is 24.9 Å². The Bertz CT molecular complexity index is 498. The molecule has 0 amide bonds. The van der Waals surface area contributed by atoms with Crippen molar-refractivity contribution < 1.29 is 104 Å². The summed E-state index contributed by atoms with van der Waals surface area (Å²) >= 11 is 0. The molecule has 0 spiro atoms. The summed E-state index contributed by atoms with van der Waals surface area (Å²) in [6.45, 7) is -0.753. The number of hydrogen-bond donors (Lipinski definition) is 3. The van der Waals surface area contributed by atoms with Crippen LogP contribution in [0.3, 0.4) is 0 Å². The van der Waals surface area contributed by atoms with E-state index in [2.05, 4.69) is 4.18 Å². The predicted octanol–water partition coefficient (Wildman–Crippen LogP) is -9.64. The van der Waals surface area contributed by atoms with Gasteiger partial charge in [-0.2, -0.15) is 0 Å². The third-order valence-electron chi connectivity index (χ3n) is 2.24. The summed E-state index contributed by atoms with van der Waals surface area (Å²) in [4.78, 5) is 0. The number of aliphatic hydroxyl groups excluding tert-OH is 2. The standard InChI is InChI=1S/C6H13NO10S2.2Na/c8-4-1-3(2-16-19(13,14)15)17-6(9)5(4)7-18(10,11)12;;/h3-9H,1-2H2,(H,10,11,12)(H,13,14,15);;/q;2*+1/p-2/t3?,4-,5?,6?;;/m0../s1. The molecule has 21 heavy (non-hydrogen) atoms. The number of hydrogen-bond acceptors (Lipinski definition) is 10. The molecule has 0 aromatic heterocycles. The molecule has 1 saturated heterocycles. The van der Waals surface area contributed by atoms with Gasteiger partial charge in [0.1, 0.15) is 0 Å². The van der Waals surface area contributed by atoms with Crippen LogP contribution in [0.4, 0.5) is 0 Å². The minimum absolute atomic E-state index is 0. The molecule has 3 N–H and O–H groups in total. The fourth-order valence-corrected chi connectivity index (χ4v) is 2.44. The van der Waals surface area contributed by atoms with Crippen LogP contribution in [0, 0.1) is 0 Å². The summed E-state index contributed by atoms with van der Waals surface area (Å²) < 4.78 is 71.9. The molecule has 4 atom stereocenters. The first-order valence-corrected chi connectivity index (χ1v) is 7.57. The van der Waals surface area contributed by atoms with Crippen LogP contribution in [0.2, 0.25) is 0 Å². The minimum Gasteiger partial charge on any atom is -0.735 e. The molecule has 0 aliphatic carbocycles. The third-order valence-corrected chi connectivity index (χ3v) is 3.22. The van der Waals surface area contributed by atoms with Gasteiger partial charge in [0.2, 0.25) is 10.4 Å². The Morgan fingerprint density at radius 3 is 2.10 bits per heavy atom. The van der Waals surface area contributed by atoms with Crippen molar-refractivity contribution in [2.24, 2.45) is 0 Å². The van der Waals surface area contributed by atoms with Crippen molar-refractivity contribution in [3.63, 3.8) is 0 Å². The first-order valence-electron chi connectivity index (χ1n) is 4.83. The second-order valence-corrected chi connectivity index (χ2v) is 5.94. The maximum absolute atomic E-state index is 10.4. The largest absolute Gasteiger partial charge is 1.00 e. The van der Waals surface area contributed by atoms with Gasteiger partial charge in [-0.1, -0.05) is 0 Å². The molecular formula is C6H11NNa2O10S2. The Morgan fingerprint density at radius 2 is 1.71 bits per heavy atom. The molecule has 11 nitrogen and oxygen atoms in total. The van der Waals surface area contributed by atoms with Crippen molar-refractivity contribution in [1.82, 2.24) is 4.72 Å². The number of ether oxygens (including phenoxy) is 1. The van der Waals surface area contributed by atoms with E-state index in [1.54, 1.807) is 0 Å². The van der Waals surface area contributed by atoms with Crippen molar-refractivity contribution in [3.05, 3.63) is 0 Å². The molecule has 0 aromatic rings. The van der Waals surface area contributed by atoms with E-state index < -0.39 is 51.8 Å². The second-order valence-electron chi connectivity index (χ2n) is 3.74. The quantitative estimate of drug-likeness (QED) is 0.239. The summed E-state index contributed by atoms with van der Waals surface area (Å²) in [5.74, 6) is 0. The van der Waals surface area contributed by atoms with Crippen molar-refractivity contribution in [2.75, 3.05) is 6.61 Å². The van der Waals surface area contributed by atoms with Crippen molar-refractivity contribution in [2.45, 2.75) is 31.0 Å². The molecule has 0 aromatic carbocycles. The Kier molecular flexibility index (Phi) is 11.6. The monoisotopic (exact) mass is 367 g/mol. The molecule has 15 heteroatoms. The first kappa shape index (κ1) is 24.9. The van der Waals surface area contributed by atoms with Crippen LogP contribution in [-0.4, -0.2) is 67.3 Å². The third kappa shape index (κ3) is 10.2. The van der Waals surface area contributed by atoms with Gasteiger partial charge in [0.25, 0.3) is 0 Å². The minimum atomic E-state index is -4.96. The topological polar surface area (TPSA) is 185 Å². The maximum Gasteiger partial charge on any atom is 1.00 e. The molecule has 1 aliphatic heterocycles. The molecule has 114 valence electrons. The Balaban J connectivity index is 0. The average molecular weight is 367 g/mol. The van der Waals surface area contributed by atoms with Crippen LogP contribution in [0.5, 0.6) is 0 Å². The number of aliphatic hydroxyl groups is 2. The van der Waals surface area contributed by atoms with Gasteiger partial charge in [-0.3, -0.25) is 4.18 Å². The van der Waals surface area contributed by atoms with E-state index in [0.29, 0.717) is 0 Å². The van der Waals surface area contributed by atoms with E-state index in [1.807, 2.05) is 0 Å². The molecule has 3 unspecified atom stereocenters. The van der Waals surface area contributed by atoms with Gasteiger partial charge in [0, 0.05) is 6.42 Å². The summed E-state index contributed by atoms with van der Waals surface area (Å²) in [5.41, 5.74) is 0. The smallest absolute Gasteiger partial charge is 0.735 e. The van der Waals surface area contributed by atoms with Gasteiger partial charge in [-0.25, -0.2) is 21.6 Å². The van der Waals surface area contributed by atoms with Crippen LogP contribution >= 0.6 is 0 Å². The van der Waals surface area contributed by atoms with Crippen LogP contribution in [0.25, 0.3) is 0 Å². The van der Waals surface area contributed by atoms with Crippen LogP contribution in [-0.2, 0) is 29.6 Å². The van der Waals surface area contributed by atoms with Gasteiger partial charge in [0.15, 0.2) is 16.6 Å². The molecule has 1 aliphatic rings. The molecule has 1 heterocycles. The number of rotatable bonds is 5. The average Bonchev–Trinajstić information content (AvgIpc) is 2.18. The predicted molar refractivity (Wildman–Crippen MR) is 53.8 cm³/mol. The zero-order valence-corrected chi connectivity index (χ0v) is 16.8. The first-order chi connectivity index (χ1) is 8.48. The SMILES string of the molecule is O=S(=O)([O-])NC1C(O)OC(COS(=O)(=O)[O-])C[C@@H]1O.[Na+].[Na+]. The van der Waals surface area contributed by atoms with E-state index in [-0.39, 0.29) is 65.5 Å². The summed E-state index contributed by atoms with van der Waals surface area (Å²) in [6, 6.07) is -1.59. The van der Waals surface area contributed by atoms with Gasteiger partial charge in [-0.05, 0) is 0 Å². The van der Waals surface area contributed by atoms with Gasteiger partial charge < -0.3 is 24.1 Å². The summed E-state index contributed by atoms with van der Waals surface area (Å²) in [7, 11) is -9.88. The summed E-state index contributed by atoms with van der Waals surface area (Å²) in [6.07, 6.45) is -4.91. The molecule has 0 radical (unpaired) electrons. The van der Waals surface area contributed by atoms with Crippen LogP contribution < -0.4 is 63.8 Å². The molecule has 0 bridgehead atoms. The van der Waals surface area contributed by atoms with E-state index in [0.717, 1.165) is 0 Å². The van der Waals surface area contributed by atoms with E-state index in [9.17, 15) is 36.2 Å². The maximum atomic E-state index is 10.4. The normalized spacial score (nSPS) is 30.1. The fraction of sp³-hybridized carbons (Fsp3) is 1.00. The number of nitrogens with one attached hydrogen (secondary N) is 1. The molecule has 1 rings (SSSR count). The zero-order valence-electron chi connectivity index (χ0n) is 11.2. The Labute approximate surface area is 165 Å². The summed E-state index contributed by atoms with van der Waals surface area (Å²) in [5, 5.41) is 18.9. The molecule has 0 saturated carbocycles. The second kappa shape index (κ2) is 9.80. The van der Waals surface area contributed by atoms with Crippen LogP contribution in [0.15, 0.2) is 0 Å². The molecule has 1 fully saturated rings. The van der Waals surface area contributed by atoms with E-state index in [4.69, 9.17) is 4.74 Å². The molecular weight excluding hydrogens is 356 g/mol. The van der Waals surface area contributed by atoms with E-state index >= 15 is 0 Å². The van der Waals surface area contributed by atoms with Crippen molar-refractivity contribution >= 4 is 20.7 Å². The fourth-order valence-electron chi connectivity index (χ4n) is 1.51. The van der Waals surface area contributed by atoms with E-state index in [1.165, 1.54) is 4.72 Å². The van der Waals surface area contributed by atoms with Gasteiger partial charge in [-0.15, -0.1) is 0 Å². The zero-order chi connectivity index (χ0) is 14.8. The Hall–Kier alpha value is 1.62. The van der Waals surface area contributed by atoms with Crippen LogP contribution in [0.1, 0.15) is 6.42 Å².